The molecule has 10 heteroatoms. The minimum atomic E-state index is 0.0189. The maximum atomic E-state index is 10.4. The molecular formula is C43H70ClN5O3S. The monoisotopic (exact) mass is 771 g/mol. The van der Waals surface area contributed by atoms with E-state index in [-0.39, 0.29) is 5.91 Å². The number of thiol groups is 1. The average Bonchev–Trinajstić information content (AvgIpc) is 3.41. The minimum Gasteiger partial charge on any atom is -0.497 e. The van der Waals surface area contributed by atoms with Crippen LogP contribution in [0.2, 0.25) is 5.02 Å². The topological polar surface area (TPSA) is 90.6 Å². The van der Waals surface area contributed by atoms with Crippen LogP contribution in [0.15, 0.2) is 83.9 Å². The molecule has 2 aromatic carbocycles. The summed E-state index contributed by atoms with van der Waals surface area (Å²) in [6.07, 6.45) is 6.88. The molecule has 0 bridgehead atoms. The molecule has 0 unspecified atom stereocenters. The predicted molar refractivity (Wildman–Crippen MR) is 235 cm³/mol. The van der Waals surface area contributed by atoms with Gasteiger partial charge in [0.1, 0.15) is 18.1 Å². The van der Waals surface area contributed by atoms with Crippen LogP contribution in [0.25, 0.3) is 5.69 Å². The van der Waals surface area contributed by atoms with Crippen LogP contribution < -0.4 is 10.1 Å². The first kappa shape index (κ1) is 53.7. The minimum absolute atomic E-state index is 0.0189. The fourth-order valence-corrected chi connectivity index (χ4v) is 4.14. The highest BCUT2D eigenvalue weighted by atomic mass is 35.5. The summed E-state index contributed by atoms with van der Waals surface area (Å²) in [6.45, 7) is 33.5. The van der Waals surface area contributed by atoms with Gasteiger partial charge in [-0.25, -0.2) is 0 Å². The number of hydrogen-bond donors (Lipinski definition) is 2. The van der Waals surface area contributed by atoms with Gasteiger partial charge in [0.2, 0.25) is 5.91 Å². The zero-order valence-electron chi connectivity index (χ0n) is 35.1. The molecule has 1 N–H and O–H groups in total. The number of benzene rings is 2. The number of hydrogen-bond acceptors (Lipinski definition) is 7. The summed E-state index contributed by atoms with van der Waals surface area (Å²) in [5.74, 6) is 3.33. The Kier molecular flexibility index (Phi) is 35.8. The van der Waals surface area contributed by atoms with Gasteiger partial charge in [0.05, 0.1) is 18.5 Å². The molecule has 3 aromatic rings. The highest BCUT2D eigenvalue weighted by molar-refractivity contribution is 7.80. The highest BCUT2D eigenvalue weighted by Gasteiger charge is 2.22. The van der Waals surface area contributed by atoms with Crippen molar-refractivity contribution in [2.75, 3.05) is 32.6 Å². The zero-order valence-corrected chi connectivity index (χ0v) is 36.8. The van der Waals surface area contributed by atoms with Crippen molar-refractivity contribution in [3.8, 4) is 11.4 Å². The number of nitrogens with zero attached hydrogens (tertiary/aromatic N) is 4. The van der Waals surface area contributed by atoms with Gasteiger partial charge in [0.25, 0.3) is 0 Å². The van der Waals surface area contributed by atoms with Crippen molar-refractivity contribution in [2.45, 2.75) is 109 Å². The largest absolute Gasteiger partial charge is 0.497 e. The Morgan fingerprint density at radius 3 is 2.02 bits per heavy atom. The Balaban J connectivity index is -0.000000723. The number of ether oxygens (including phenoxy) is 2. The van der Waals surface area contributed by atoms with Gasteiger partial charge in [-0.3, -0.25) is 14.4 Å². The molecule has 1 aromatic heterocycles. The van der Waals surface area contributed by atoms with Gasteiger partial charge in [-0.05, 0) is 83.5 Å². The molecule has 0 saturated carbocycles. The van der Waals surface area contributed by atoms with E-state index in [4.69, 9.17) is 26.1 Å². The highest BCUT2D eigenvalue weighted by Crippen LogP contribution is 2.29. The van der Waals surface area contributed by atoms with Crippen LogP contribution in [-0.2, 0) is 16.1 Å². The number of carbonyl (C=O) groups is 1. The van der Waals surface area contributed by atoms with E-state index in [1.807, 2.05) is 115 Å². The van der Waals surface area contributed by atoms with Gasteiger partial charge >= 0.3 is 0 Å². The molecule has 1 aliphatic rings. The van der Waals surface area contributed by atoms with Gasteiger partial charge in [-0.15, -0.1) is 16.8 Å². The van der Waals surface area contributed by atoms with E-state index in [9.17, 15) is 4.79 Å². The van der Waals surface area contributed by atoms with E-state index in [1.54, 1.807) is 13.2 Å². The molecule has 2 heterocycles. The zero-order chi connectivity index (χ0) is 41.2. The molecule has 53 heavy (non-hydrogen) atoms. The lowest BCUT2D eigenvalue weighted by Gasteiger charge is -2.14. The van der Waals surface area contributed by atoms with Gasteiger partial charge < -0.3 is 14.8 Å². The molecule has 4 rings (SSSR count). The van der Waals surface area contributed by atoms with Crippen LogP contribution in [0.1, 0.15) is 118 Å². The van der Waals surface area contributed by atoms with E-state index in [2.05, 4.69) is 55.1 Å². The van der Waals surface area contributed by atoms with E-state index in [1.165, 1.54) is 24.5 Å². The summed E-state index contributed by atoms with van der Waals surface area (Å²) in [5, 5.41) is 11.8. The van der Waals surface area contributed by atoms with Gasteiger partial charge in [-0.1, -0.05) is 102 Å². The number of aliphatic imine (C=N–C) groups is 1. The third-order valence-electron chi connectivity index (χ3n) is 5.83. The fourth-order valence-electron chi connectivity index (χ4n) is 3.88. The smallest absolute Gasteiger partial charge is 0.216 e. The predicted octanol–water partition coefficient (Wildman–Crippen LogP) is 11.6. The van der Waals surface area contributed by atoms with Crippen LogP contribution in [0.5, 0.6) is 5.75 Å². The van der Waals surface area contributed by atoms with Crippen molar-refractivity contribution in [1.82, 2.24) is 20.1 Å². The third-order valence-corrected chi connectivity index (χ3v) is 6.39. The van der Waals surface area contributed by atoms with Crippen LogP contribution in [0.4, 0.5) is 0 Å². The molecule has 1 aliphatic heterocycles. The number of aryl methyl sites for hydroxylation is 1. The number of nitrogens with one attached hydrogen (secondary N) is 1. The molecule has 0 saturated heterocycles. The van der Waals surface area contributed by atoms with Crippen LogP contribution in [0, 0.1) is 6.92 Å². The number of amides is 1. The van der Waals surface area contributed by atoms with Crippen LogP contribution in [0.3, 0.4) is 0 Å². The van der Waals surface area contributed by atoms with Gasteiger partial charge in [0, 0.05) is 42.8 Å². The van der Waals surface area contributed by atoms with Crippen molar-refractivity contribution >= 4 is 35.8 Å². The average molecular weight is 773 g/mol. The number of aromatic nitrogens is 3. The van der Waals surface area contributed by atoms with Crippen molar-refractivity contribution < 1.29 is 14.3 Å². The standard InChI is InChI=1S/C18H15ClN4O.C8H17NO2S.C6H10.C4H8.C3H8.2C2H6/c1-11-21-22-17-10-20-18(12-3-5-13(19)6-4-12)15-9-14(24-2)7-8-16(15)23(11)17;1-8(10)9-4-2-5-11-6-3-7-12;1-4-5-6(2)3;1-4(2)3;1-3-2;2*1-2/h3-9H,10H2,1-2H3;12H,2-7H2,1H3,(H,9,10);4-5H,1H2,2-3H3;1H2,2-3H3;3H2,1-2H3;2*1-2H3. The maximum Gasteiger partial charge on any atom is 0.216 e. The normalized spacial score (nSPS) is 9.91. The Morgan fingerprint density at radius 2 is 1.55 bits per heavy atom. The number of halogens is 1. The van der Waals surface area contributed by atoms with E-state index >= 15 is 0 Å². The number of allylic oxidation sites excluding steroid dienone is 4. The summed E-state index contributed by atoms with van der Waals surface area (Å²) in [4.78, 5) is 15.2. The Bertz CT molecular complexity index is 1460. The Hall–Kier alpha value is -3.66. The number of fused-ring (bicyclic) bond motifs is 3. The first-order valence-electron chi connectivity index (χ1n) is 18.6. The van der Waals surface area contributed by atoms with E-state index < -0.39 is 0 Å². The van der Waals surface area contributed by atoms with E-state index in [0.29, 0.717) is 24.7 Å². The second-order valence-electron chi connectivity index (χ2n) is 11.5. The summed E-state index contributed by atoms with van der Waals surface area (Å²) >= 11 is 10.1. The molecule has 0 radical (unpaired) electrons. The van der Waals surface area contributed by atoms with Crippen LogP contribution in [-0.4, -0.2) is 59.0 Å². The van der Waals surface area contributed by atoms with E-state index in [0.717, 1.165) is 65.1 Å². The first-order chi connectivity index (χ1) is 25.4. The second kappa shape index (κ2) is 35.4. The van der Waals surface area contributed by atoms with Crippen LogP contribution >= 0.6 is 24.2 Å². The molecule has 0 atom stereocenters. The SMILES string of the molecule is C=C(C)C.C=CC=C(C)C.CC.CC.CC(=O)NCCCOCCCS.CCC.COc1ccc2c(c1)C(c1ccc(Cl)cc1)=NCc1nnc(C)n1-2. The summed E-state index contributed by atoms with van der Waals surface area (Å²) in [5.41, 5.74) is 6.35. The molecule has 8 nitrogen and oxygen atoms in total. The first-order valence-corrected chi connectivity index (χ1v) is 19.6. The summed E-state index contributed by atoms with van der Waals surface area (Å²) in [7, 11) is 1.66. The van der Waals surface area contributed by atoms with Crippen molar-refractivity contribution in [3.63, 3.8) is 0 Å². The van der Waals surface area contributed by atoms with Crippen molar-refractivity contribution in [1.29, 1.82) is 0 Å². The van der Waals surface area contributed by atoms with Gasteiger partial charge in [-0.2, -0.15) is 12.6 Å². The van der Waals surface area contributed by atoms with Gasteiger partial charge in [0.15, 0.2) is 5.82 Å². The number of methoxy groups -OCH3 is 1. The molecule has 1 amide bonds. The lowest BCUT2D eigenvalue weighted by atomic mass is 10.00. The summed E-state index contributed by atoms with van der Waals surface area (Å²) in [6, 6.07) is 13.6. The second-order valence-corrected chi connectivity index (χ2v) is 12.4. The Morgan fingerprint density at radius 1 is 0.981 bits per heavy atom. The Labute approximate surface area is 333 Å². The quantitative estimate of drug-likeness (QED) is 0.0927. The molecule has 0 spiro atoms. The molecular weight excluding hydrogens is 702 g/mol. The maximum absolute atomic E-state index is 10.4. The number of rotatable bonds is 10. The molecule has 0 aliphatic carbocycles. The fraction of sp³-hybridized carbons (Fsp3) is 0.488. The van der Waals surface area contributed by atoms with Crippen molar-refractivity contribution in [3.05, 3.63) is 107 Å². The lowest BCUT2D eigenvalue weighted by molar-refractivity contribution is -0.119. The van der Waals surface area contributed by atoms with Crippen molar-refractivity contribution in [2.24, 2.45) is 4.99 Å². The summed E-state index contributed by atoms with van der Waals surface area (Å²) < 4.78 is 12.7. The molecule has 298 valence electrons. The molecule has 0 fully saturated rings. The lowest BCUT2D eigenvalue weighted by Crippen LogP contribution is -2.21. The number of carbonyl (C=O) groups excluding carboxylic acids is 1. The third kappa shape index (κ3) is 25.9.